The summed E-state index contributed by atoms with van der Waals surface area (Å²) in [5.74, 6) is 0.00144. The van der Waals surface area contributed by atoms with Crippen molar-refractivity contribution in [2.45, 2.75) is 26.3 Å². The highest BCUT2D eigenvalue weighted by atomic mass is 35.5. The second-order valence-corrected chi connectivity index (χ2v) is 5.95. The van der Waals surface area contributed by atoms with Crippen LogP contribution in [0.2, 0.25) is 5.15 Å². The Morgan fingerprint density at radius 2 is 1.88 bits per heavy atom. The fourth-order valence-corrected chi connectivity index (χ4v) is 2.74. The molecule has 0 aliphatic rings. The molecule has 0 unspecified atom stereocenters. The Morgan fingerprint density at radius 1 is 1.16 bits per heavy atom. The van der Waals surface area contributed by atoms with Crippen molar-refractivity contribution in [1.82, 2.24) is 15.0 Å². The van der Waals surface area contributed by atoms with Crippen LogP contribution in [0.4, 0.5) is 19.0 Å². The highest BCUT2D eigenvalue weighted by Gasteiger charge is 2.20. The molecule has 0 fully saturated rings. The number of alkyl halides is 2. The number of fused-ring (bicyclic) bond motifs is 1. The van der Waals surface area contributed by atoms with E-state index in [0.717, 1.165) is 6.07 Å². The average Bonchev–Trinajstić information content (AvgIpc) is 2.55. The van der Waals surface area contributed by atoms with Crippen LogP contribution in [0.15, 0.2) is 30.5 Å². The topological polar surface area (TPSA) is 50.7 Å². The van der Waals surface area contributed by atoms with Crippen LogP contribution in [-0.4, -0.2) is 15.0 Å². The van der Waals surface area contributed by atoms with Crippen molar-refractivity contribution in [3.8, 4) is 0 Å². The van der Waals surface area contributed by atoms with Gasteiger partial charge in [0.05, 0.1) is 23.3 Å². The fraction of sp³-hybridized carbons (Fsp3) is 0.235. The minimum Gasteiger partial charge on any atom is -0.363 e. The third kappa shape index (κ3) is 3.51. The highest BCUT2D eigenvalue weighted by molar-refractivity contribution is 6.30. The van der Waals surface area contributed by atoms with Gasteiger partial charge in [0.1, 0.15) is 22.6 Å². The van der Waals surface area contributed by atoms with Crippen molar-refractivity contribution in [1.29, 1.82) is 0 Å². The monoisotopic (exact) mass is 366 g/mol. The molecule has 0 bridgehead atoms. The summed E-state index contributed by atoms with van der Waals surface area (Å²) in [7, 11) is 0. The predicted octanol–water partition coefficient (Wildman–Crippen LogP) is 5.24. The third-order valence-corrected chi connectivity index (χ3v) is 3.98. The Bertz CT molecular complexity index is 933. The zero-order valence-corrected chi connectivity index (χ0v) is 14.2. The first-order valence-corrected chi connectivity index (χ1v) is 7.87. The molecule has 0 amide bonds. The van der Waals surface area contributed by atoms with Gasteiger partial charge < -0.3 is 5.32 Å². The number of aryl methyl sites for hydroxylation is 1. The fourth-order valence-electron chi connectivity index (χ4n) is 2.59. The molecule has 0 saturated carbocycles. The van der Waals surface area contributed by atoms with Gasteiger partial charge in [0.15, 0.2) is 0 Å². The summed E-state index contributed by atoms with van der Waals surface area (Å²) in [6.07, 6.45) is -1.36. The lowest BCUT2D eigenvalue weighted by atomic mass is 10.0. The maximum absolute atomic E-state index is 14.3. The minimum atomic E-state index is -2.88. The summed E-state index contributed by atoms with van der Waals surface area (Å²) < 4.78 is 40.2. The molecular formula is C17H14ClF3N4. The van der Waals surface area contributed by atoms with Crippen molar-refractivity contribution in [3.63, 3.8) is 0 Å². The zero-order chi connectivity index (χ0) is 18.1. The molecule has 130 valence electrons. The van der Waals surface area contributed by atoms with Gasteiger partial charge in [-0.3, -0.25) is 0 Å². The van der Waals surface area contributed by atoms with E-state index in [9.17, 15) is 13.2 Å². The third-order valence-electron chi connectivity index (χ3n) is 3.77. The number of hydrogen-bond acceptors (Lipinski definition) is 4. The van der Waals surface area contributed by atoms with Gasteiger partial charge in [-0.25, -0.2) is 28.1 Å². The molecule has 1 N–H and O–H groups in total. The number of aromatic nitrogens is 3. The molecule has 0 aliphatic carbocycles. The van der Waals surface area contributed by atoms with Gasteiger partial charge in [-0.2, -0.15) is 0 Å². The Balaban J connectivity index is 2.02. The summed E-state index contributed by atoms with van der Waals surface area (Å²) >= 11 is 5.93. The van der Waals surface area contributed by atoms with Gasteiger partial charge in [0.25, 0.3) is 6.43 Å². The molecule has 0 radical (unpaired) electrons. The van der Waals surface area contributed by atoms with E-state index in [1.807, 2.05) is 0 Å². The van der Waals surface area contributed by atoms with Crippen LogP contribution in [0.25, 0.3) is 10.9 Å². The lowest BCUT2D eigenvalue weighted by Crippen LogP contribution is -2.12. The molecule has 4 nitrogen and oxygen atoms in total. The van der Waals surface area contributed by atoms with Crippen molar-refractivity contribution in [3.05, 3.63) is 58.4 Å². The first-order chi connectivity index (χ1) is 11.9. The molecule has 3 aromatic rings. The van der Waals surface area contributed by atoms with Crippen LogP contribution < -0.4 is 5.32 Å². The normalized spacial score (nSPS) is 12.6. The van der Waals surface area contributed by atoms with Crippen LogP contribution in [0, 0.1) is 12.7 Å². The molecule has 0 saturated heterocycles. The van der Waals surface area contributed by atoms with Gasteiger partial charge >= 0.3 is 0 Å². The summed E-state index contributed by atoms with van der Waals surface area (Å²) in [6, 6.07) is 4.94. The lowest BCUT2D eigenvalue weighted by molar-refractivity contribution is 0.146. The number of rotatable bonds is 4. The largest absolute Gasteiger partial charge is 0.363 e. The molecule has 1 aromatic carbocycles. The summed E-state index contributed by atoms with van der Waals surface area (Å²) in [5, 5.41) is 3.93. The maximum Gasteiger partial charge on any atom is 0.266 e. The second-order valence-electron chi connectivity index (χ2n) is 5.56. The van der Waals surface area contributed by atoms with Gasteiger partial charge in [-0.15, -0.1) is 0 Å². The Kier molecular flexibility index (Phi) is 4.76. The van der Waals surface area contributed by atoms with E-state index in [2.05, 4.69) is 20.3 Å². The SMILES string of the molecule is Cc1nc(N[C@H](C)c2cccc(C(F)F)c2F)c2cc(Cl)ncc2n1. The molecule has 8 heteroatoms. The van der Waals surface area contributed by atoms with E-state index in [0.29, 0.717) is 22.5 Å². The standard InChI is InChI=1S/C17H14ClF3N4/c1-8(10-4-3-5-11(15(10)19)16(20)21)23-17-12-6-14(18)22-7-13(12)24-9(2)25-17/h3-8,16H,1-2H3,(H,23,24,25)/t8-/m1/s1. The zero-order valence-electron chi connectivity index (χ0n) is 13.4. The minimum absolute atomic E-state index is 0.127. The van der Waals surface area contributed by atoms with E-state index in [1.54, 1.807) is 19.9 Å². The Morgan fingerprint density at radius 3 is 2.60 bits per heavy atom. The van der Waals surface area contributed by atoms with E-state index in [-0.39, 0.29) is 10.7 Å². The predicted molar refractivity (Wildman–Crippen MR) is 90.5 cm³/mol. The molecular weight excluding hydrogens is 353 g/mol. The molecule has 2 aromatic heterocycles. The van der Waals surface area contributed by atoms with E-state index >= 15 is 0 Å². The first-order valence-electron chi connectivity index (χ1n) is 7.49. The van der Waals surface area contributed by atoms with Crippen LogP contribution in [0.5, 0.6) is 0 Å². The second kappa shape index (κ2) is 6.84. The Labute approximate surface area is 147 Å². The van der Waals surface area contributed by atoms with Crippen LogP contribution >= 0.6 is 11.6 Å². The van der Waals surface area contributed by atoms with Gasteiger partial charge in [-0.05, 0) is 19.9 Å². The maximum atomic E-state index is 14.3. The van der Waals surface area contributed by atoms with E-state index < -0.39 is 23.8 Å². The van der Waals surface area contributed by atoms with Crippen LogP contribution in [0.1, 0.15) is 36.3 Å². The molecule has 25 heavy (non-hydrogen) atoms. The number of halogens is 4. The molecule has 2 heterocycles. The summed E-state index contributed by atoms with van der Waals surface area (Å²) in [4.78, 5) is 12.6. The average molecular weight is 367 g/mol. The smallest absolute Gasteiger partial charge is 0.266 e. The molecule has 0 aliphatic heterocycles. The van der Waals surface area contributed by atoms with Crippen molar-refractivity contribution < 1.29 is 13.2 Å². The summed E-state index contributed by atoms with van der Waals surface area (Å²) in [6.45, 7) is 3.38. The van der Waals surface area contributed by atoms with Gasteiger partial charge in [0, 0.05) is 10.9 Å². The van der Waals surface area contributed by atoms with Gasteiger partial charge in [0.2, 0.25) is 0 Å². The van der Waals surface area contributed by atoms with Crippen LogP contribution in [0.3, 0.4) is 0 Å². The highest BCUT2D eigenvalue weighted by Crippen LogP contribution is 2.30. The number of hydrogen-bond donors (Lipinski definition) is 1. The van der Waals surface area contributed by atoms with E-state index in [1.165, 1.54) is 18.3 Å². The molecule has 3 rings (SSSR count). The first kappa shape index (κ1) is 17.4. The summed E-state index contributed by atoms with van der Waals surface area (Å²) in [5.41, 5.74) is 0.0814. The number of pyridine rings is 1. The Hall–Kier alpha value is -2.41. The molecule has 0 spiro atoms. The van der Waals surface area contributed by atoms with Crippen LogP contribution in [-0.2, 0) is 0 Å². The number of benzene rings is 1. The number of nitrogens with zero attached hydrogens (tertiary/aromatic N) is 3. The molecule has 1 atom stereocenters. The van der Waals surface area contributed by atoms with Gasteiger partial charge in [-0.1, -0.05) is 29.8 Å². The number of nitrogens with one attached hydrogen (secondary N) is 1. The van der Waals surface area contributed by atoms with Crippen molar-refractivity contribution >= 4 is 28.3 Å². The quantitative estimate of drug-likeness (QED) is 0.642. The lowest BCUT2D eigenvalue weighted by Gasteiger charge is -2.18. The van der Waals surface area contributed by atoms with Crippen molar-refractivity contribution in [2.75, 3.05) is 5.32 Å². The number of anilines is 1. The van der Waals surface area contributed by atoms with E-state index in [4.69, 9.17) is 11.6 Å². The van der Waals surface area contributed by atoms with Crippen molar-refractivity contribution in [2.24, 2.45) is 0 Å².